The Balaban J connectivity index is 2.83. The molecule has 16 heavy (non-hydrogen) atoms. The van der Waals surface area contributed by atoms with Gasteiger partial charge in [-0.2, -0.15) is 13.2 Å². The minimum absolute atomic E-state index is 0.334. The van der Waals surface area contributed by atoms with Crippen molar-refractivity contribution >= 4 is 27.0 Å². The molecule has 0 aliphatic rings. The van der Waals surface area contributed by atoms with Gasteiger partial charge in [-0.25, -0.2) is 4.98 Å². The molecule has 86 valence electrons. The summed E-state index contributed by atoms with van der Waals surface area (Å²) in [7, 11) is 1.37. The van der Waals surface area contributed by atoms with E-state index in [2.05, 4.69) is 20.9 Å². The van der Waals surface area contributed by atoms with Crippen LogP contribution in [0.4, 0.5) is 13.2 Å². The molecule has 0 radical (unpaired) electrons. The van der Waals surface area contributed by atoms with E-state index in [1.165, 1.54) is 7.05 Å². The number of halogens is 4. The van der Waals surface area contributed by atoms with Gasteiger partial charge < -0.3 is 4.57 Å². The zero-order valence-electron chi connectivity index (χ0n) is 8.56. The van der Waals surface area contributed by atoms with Gasteiger partial charge in [0, 0.05) is 11.5 Å². The Labute approximate surface area is 98.2 Å². The standard InChI is InChI=1S/C10H8BrF3N2/c1-5-3-6(11)8-7(4-5)16(2)9(15-8)10(12,13)14/h3-4H,1-2H3. The molecule has 0 N–H and O–H groups in total. The van der Waals surface area contributed by atoms with Crippen LogP contribution in [0.15, 0.2) is 16.6 Å². The highest BCUT2D eigenvalue weighted by molar-refractivity contribution is 9.10. The molecule has 6 heteroatoms. The lowest BCUT2D eigenvalue weighted by molar-refractivity contribution is -0.146. The predicted molar refractivity (Wildman–Crippen MR) is 58.2 cm³/mol. The molecule has 0 unspecified atom stereocenters. The van der Waals surface area contributed by atoms with Crippen molar-refractivity contribution in [3.05, 3.63) is 28.0 Å². The maximum absolute atomic E-state index is 12.6. The number of nitrogens with zero attached hydrogens (tertiary/aromatic N) is 2. The van der Waals surface area contributed by atoms with Gasteiger partial charge in [0.05, 0.1) is 5.52 Å². The van der Waals surface area contributed by atoms with Crippen LogP contribution in [0.2, 0.25) is 0 Å². The highest BCUT2D eigenvalue weighted by Gasteiger charge is 2.36. The summed E-state index contributed by atoms with van der Waals surface area (Å²) in [4.78, 5) is 3.62. The number of hydrogen-bond acceptors (Lipinski definition) is 1. The van der Waals surface area contributed by atoms with Crippen molar-refractivity contribution in [1.82, 2.24) is 9.55 Å². The Kier molecular flexibility index (Phi) is 2.49. The number of fused-ring (bicyclic) bond motifs is 1. The number of hydrogen-bond donors (Lipinski definition) is 0. The van der Waals surface area contributed by atoms with Crippen LogP contribution in [0.3, 0.4) is 0 Å². The predicted octanol–water partition coefficient (Wildman–Crippen LogP) is 3.66. The number of rotatable bonds is 0. The molecule has 0 spiro atoms. The third kappa shape index (κ3) is 1.71. The average molecular weight is 293 g/mol. The average Bonchev–Trinajstić information content (AvgIpc) is 2.43. The molecule has 0 amide bonds. The van der Waals surface area contributed by atoms with Gasteiger partial charge >= 0.3 is 6.18 Å². The van der Waals surface area contributed by atoms with Gasteiger partial charge in [-0.3, -0.25) is 0 Å². The van der Waals surface area contributed by atoms with E-state index in [0.29, 0.717) is 15.5 Å². The van der Waals surface area contributed by atoms with E-state index >= 15 is 0 Å². The minimum atomic E-state index is -4.43. The minimum Gasteiger partial charge on any atom is -0.323 e. The summed E-state index contributed by atoms with van der Waals surface area (Å²) in [6.07, 6.45) is -4.43. The molecule has 0 aliphatic carbocycles. The van der Waals surface area contributed by atoms with Crippen molar-refractivity contribution in [2.24, 2.45) is 7.05 Å². The summed E-state index contributed by atoms with van der Waals surface area (Å²) in [5.41, 5.74) is 1.69. The Morgan fingerprint density at radius 2 is 1.94 bits per heavy atom. The fraction of sp³-hybridized carbons (Fsp3) is 0.300. The van der Waals surface area contributed by atoms with E-state index in [9.17, 15) is 13.2 Å². The first-order chi connectivity index (χ1) is 7.30. The van der Waals surface area contributed by atoms with Crippen molar-refractivity contribution in [2.75, 3.05) is 0 Å². The Bertz CT molecular complexity index is 557. The van der Waals surface area contributed by atoms with Crippen LogP contribution in [0.1, 0.15) is 11.4 Å². The largest absolute Gasteiger partial charge is 0.449 e. The lowest BCUT2D eigenvalue weighted by Gasteiger charge is -2.05. The first-order valence-corrected chi connectivity index (χ1v) is 5.30. The highest BCUT2D eigenvalue weighted by Crippen LogP contribution is 2.33. The topological polar surface area (TPSA) is 17.8 Å². The maximum atomic E-state index is 12.6. The number of benzene rings is 1. The fourth-order valence-electron chi connectivity index (χ4n) is 1.63. The van der Waals surface area contributed by atoms with Crippen LogP contribution in [0.25, 0.3) is 11.0 Å². The molecular formula is C10H8BrF3N2. The second-order valence-electron chi connectivity index (χ2n) is 3.61. The van der Waals surface area contributed by atoms with E-state index < -0.39 is 12.0 Å². The zero-order valence-corrected chi connectivity index (χ0v) is 10.1. The molecule has 2 rings (SSSR count). The van der Waals surface area contributed by atoms with E-state index in [-0.39, 0.29) is 0 Å². The van der Waals surface area contributed by atoms with Gasteiger partial charge in [-0.1, -0.05) is 0 Å². The summed E-state index contributed by atoms with van der Waals surface area (Å²) in [5.74, 6) is -0.881. The quantitative estimate of drug-likeness (QED) is 0.724. The van der Waals surface area contributed by atoms with Crippen molar-refractivity contribution < 1.29 is 13.2 Å². The first kappa shape index (κ1) is 11.4. The van der Waals surface area contributed by atoms with Crippen molar-refractivity contribution in [3.8, 4) is 0 Å². The molecule has 2 nitrogen and oxygen atoms in total. The smallest absolute Gasteiger partial charge is 0.323 e. The molecule has 2 aromatic rings. The molecule has 0 aliphatic heterocycles. The van der Waals surface area contributed by atoms with Gasteiger partial charge in [0.2, 0.25) is 5.82 Å². The second kappa shape index (κ2) is 3.48. The monoisotopic (exact) mass is 292 g/mol. The lowest BCUT2D eigenvalue weighted by Crippen LogP contribution is -2.12. The van der Waals surface area contributed by atoms with Crippen LogP contribution < -0.4 is 0 Å². The molecule has 1 aromatic heterocycles. The van der Waals surface area contributed by atoms with Crippen LogP contribution in [0, 0.1) is 6.92 Å². The molecule has 1 aromatic carbocycles. The highest BCUT2D eigenvalue weighted by atomic mass is 79.9. The third-order valence-electron chi connectivity index (χ3n) is 2.34. The Hall–Kier alpha value is -1.04. The van der Waals surface area contributed by atoms with Gasteiger partial charge in [0.25, 0.3) is 0 Å². The van der Waals surface area contributed by atoms with E-state index in [1.54, 1.807) is 12.1 Å². The van der Waals surface area contributed by atoms with Crippen LogP contribution in [0.5, 0.6) is 0 Å². The van der Waals surface area contributed by atoms with E-state index in [0.717, 1.165) is 10.1 Å². The van der Waals surface area contributed by atoms with Crippen molar-refractivity contribution in [3.63, 3.8) is 0 Å². The number of alkyl halides is 3. The Morgan fingerprint density at radius 1 is 1.31 bits per heavy atom. The van der Waals surface area contributed by atoms with Crippen LogP contribution in [-0.2, 0) is 13.2 Å². The third-order valence-corrected chi connectivity index (χ3v) is 2.94. The molecule has 0 saturated carbocycles. The summed E-state index contributed by atoms with van der Waals surface area (Å²) in [5, 5.41) is 0. The maximum Gasteiger partial charge on any atom is 0.449 e. The molecule has 0 saturated heterocycles. The zero-order chi connectivity index (χ0) is 12.1. The number of aromatic nitrogens is 2. The Morgan fingerprint density at radius 3 is 2.50 bits per heavy atom. The van der Waals surface area contributed by atoms with E-state index in [1.807, 2.05) is 6.92 Å². The SMILES string of the molecule is Cc1cc(Br)c2nc(C(F)(F)F)n(C)c2c1. The van der Waals surface area contributed by atoms with Gasteiger partial charge in [-0.15, -0.1) is 0 Å². The molecule has 0 atom stereocenters. The molecular weight excluding hydrogens is 285 g/mol. The summed E-state index contributed by atoms with van der Waals surface area (Å²) in [6.45, 7) is 1.82. The van der Waals surface area contributed by atoms with Crippen LogP contribution in [-0.4, -0.2) is 9.55 Å². The van der Waals surface area contributed by atoms with E-state index in [4.69, 9.17) is 0 Å². The molecule has 1 heterocycles. The van der Waals surface area contributed by atoms with Crippen molar-refractivity contribution in [2.45, 2.75) is 13.1 Å². The van der Waals surface area contributed by atoms with Crippen LogP contribution >= 0.6 is 15.9 Å². The number of imidazole rings is 1. The lowest BCUT2D eigenvalue weighted by atomic mass is 10.2. The molecule has 0 bridgehead atoms. The fourth-order valence-corrected chi connectivity index (χ4v) is 2.28. The van der Waals surface area contributed by atoms with Gasteiger partial charge in [0.15, 0.2) is 0 Å². The van der Waals surface area contributed by atoms with Crippen molar-refractivity contribution in [1.29, 1.82) is 0 Å². The number of aryl methyl sites for hydroxylation is 2. The molecule has 0 fully saturated rings. The summed E-state index contributed by atoms with van der Waals surface area (Å²) in [6, 6.07) is 3.43. The van der Waals surface area contributed by atoms with Gasteiger partial charge in [-0.05, 0) is 40.5 Å². The normalized spacial score (nSPS) is 12.4. The summed E-state index contributed by atoms with van der Waals surface area (Å²) < 4.78 is 39.5. The van der Waals surface area contributed by atoms with Gasteiger partial charge in [0.1, 0.15) is 5.52 Å². The second-order valence-corrected chi connectivity index (χ2v) is 4.46. The first-order valence-electron chi connectivity index (χ1n) is 4.50. The summed E-state index contributed by atoms with van der Waals surface area (Å²) >= 11 is 3.22.